The Balaban J connectivity index is 0.000000507. The van der Waals surface area contributed by atoms with Crippen molar-refractivity contribution in [2.45, 2.75) is 13.3 Å². The van der Waals surface area contributed by atoms with E-state index in [1.54, 1.807) is 43.5 Å². The van der Waals surface area contributed by atoms with Crippen LogP contribution in [0.2, 0.25) is 5.02 Å². The zero-order chi connectivity index (χ0) is 30.3. The van der Waals surface area contributed by atoms with Gasteiger partial charge < -0.3 is 15.2 Å². The summed E-state index contributed by atoms with van der Waals surface area (Å²) in [4.78, 5) is 39.4. The van der Waals surface area contributed by atoms with Crippen molar-refractivity contribution < 1.29 is 41.8 Å². The zero-order valence-electron chi connectivity index (χ0n) is 21.2. The number of ketones is 1. The topological polar surface area (TPSA) is 167 Å². The smallest absolute Gasteiger partial charge is 0.328 e. The summed E-state index contributed by atoms with van der Waals surface area (Å²) in [5.74, 6) is -6.08. The molecule has 4 rings (SSSR count). The van der Waals surface area contributed by atoms with E-state index >= 15 is 4.39 Å². The number of nitrogens with one attached hydrogen (secondary N) is 2. The van der Waals surface area contributed by atoms with Crippen molar-refractivity contribution in [1.82, 2.24) is 9.97 Å². The molecule has 0 aliphatic carbocycles. The average Bonchev–Trinajstić information content (AvgIpc) is 3.33. The summed E-state index contributed by atoms with van der Waals surface area (Å²) in [6.45, 7) is 1.65. The number of carbonyl (C=O) groups excluding carboxylic acids is 1. The van der Waals surface area contributed by atoms with Crippen LogP contribution in [-0.4, -0.2) is 52.1 Å². The highest BCUT2D eigenvalue weighted by atomic mass is 35.5. The number of pyridine rings is 1. The van der Waals surface area contributed by atoms with E-state index in [1.165, 1.54) is 6.20 Å². The number of hydrogen-bond acceptors (Lipinski definition) is 6. The molecule has 0 saturated heterocycles. The minimum absolute atomic E-state index is 0.000297. The van der Waals surface area contributed by atoms with Crippen molar-refractivity contribution in [3.05, 3.63) is 94.8 Å². The first kappa shape index (κ1) is 30.9. The molecule has 0 bridgehead atoms. The molecular weight excluding hydrogens is 584 g/mol. The van der Waals surface area contributed by atoms with E-state index in [9.17, 15) is 27.2 Å². The van der Waals surface area contributed by atoms with E-state index in [-0.39, 0.29) is 11.3 Å². The van der Waals surface area contributed by atoms with E-state index < -0.39 is 50.6 Å². The number of rotatable bonds is 9. The van der Waals surface area contributed by atoms with E-state index in [4.69, 9.17) is 21.8 Å². The lowest BCUT2D eigenvalue weighted by Gasteiger charge is -2.11. The third-order valence-corrected chi connectivity index (χ3v) is 7.11. The second-order valence-corrected chi connectivity index (χ2v) is 10.7. The molecule has 4 N–H and O–H groups in total. The minimum Gasteiger partial charge on any atom is -0.478 e. The van der Waals surface area contributed by atoms with Crippen LogP contribution in [0.5, 0.6) is 0 Å². The second kappa shape index (κ2) is 13.2. The summed E-state index contributed by atoms with van der Waals surface area (Å²) in [5, 5.41) is 16.5. The summed E-state index contributed by atoms with van der Waals surface area (Å²) < 4.78 is 55.8. The van der Waals surface area contributed by atoms with Gasteiger partial charge in [-0.1, -0.05) is 30.7 Å². The number of carbonyl (C=O) groups is 3. The van der Waals surface area contributed by atoms with Gasteiger partial charge in [0.1, 0.15) is 11.5 Å². The Morgan fingerprint density at radius 2 is 1.66 bits per heavy atom. The Labute approximate surface area is 237 Å². The molecule has 2 aromatic carbocycles. The molecule has 4 aromatic rings. The van der Waals surface area contributed by atoms with Crippen molar-refractivity contribution in [2.24, 2.45) is 0 Å². The summed E-state index contributed by atoms with van der Waals surface area (Å²) >= 11 is 5.93. The maximum absolute atomic E-state index is 15.1. The highest BCUT2D eigenvalue weighted by Crippen LogP contribution is 2.30. The number of fused-ring (bicyclic) bond motifs is 1. The average molecular weight is 606 g/mol. The van der Waals surface area contributed by atoms with Crippen molar-refractivity contribution in [3.63, 3.8) is 0 Å². The molecule has 0 radical (unpaired) electrons. The number of aromatic amines is 1. The molecule has 0 unspecified atom stereocenters. The van der Waals surface area contributed by atoms with Crippen LogP contribution in [0.15, 0.2) is 67.0 Å². The number of nitrogens with zero attached hydrogens (tertiary/aromatic N) is 1. The maximum Gasteiger partial charge on any atom is 0.328 e. The largest absolute Gasteiger partial charge is 0.478 e. The lowest BCUT2D eigenvalue weighted by atomic mass is 10.00. The molecule has 0 aliphatic rings. The van der Waals surface area contributed by atoms with Gasteiger partial charge in [0.25, 0.3) is 0 Å². The fourth-order valence-electron chi connectivity index (χ4n) is 3.60. The molecule has 2 heterocycles. The van der Waals surface area contributed by atoms with Crippen LogP contribution < -0.4 is 4.72 Å². The van der Waals surface area contributed by atoms with Crippen LogP contribution in [0.25, 0.3) is 22.2 Å². The van der Waals surface area contributed by atoms with Crippen LogP contribution in [0.1, 0.15) is 29.3 Å². The highest BCUT2D eigenvalue weighted by Gasteiger charge is 2.26. The molecule has 0 atom stereocenters. The number of carboxylic acids is 2. The van der Waals surface area contributed by atoms with Crippen LogP contribution in [0.3, 0.4) is 0 Å². The quantitative estimate of drug-likeness (QED) is 0.148. The second-order valence-electron chi connectivity index (χ2n) is 8.37. The summed E-state index contributed by atoms with van der Waals surface area (Å²) in [6, 6.07) is 10.5. The van der Waals surface area contributed by atoms with Crippen LogP contribution >= 0.6 is 11.6 Å². The first-order valence-corrected chi connectivity index (χ1v) is 13.8. The van der Waals surface area contributed by atoms with Gasteiger partial charge in [0, 0.05) is 46.1 Å². The maximum atomic E-state index is 15.1. The molecule has 0 fully saturated rings. The predicted molar refractivity (Wildman–Crippen MR) is 148 cm³/mol. The summed E-state index contributed by atoms with van der Waals surface area (Å²) in [5.41, 5.74) is 0.474. The number of benzene rings is 2. The fourth-order valence-corrected chi connectivity index (χ4v) is 4.85. The van der Waals surface area contributed by atoms with Crippen molar-refractivity contribution in [2.75, 3.05) is 10.5 Å². The van der Waals surface area contributed by atoms with Gasteiger partial charge in [0.15, 0.2) is 5.82 Å². The Morgan fingerprint density at radius 3 is 2.24 bits per heavy atom. The van der Waals surface area contributed by atoms with Gasteiger partial charge in [-0.15, -0.1) is 0 Å². The lowest BCUT2D eigenvalue weighted by Crippen LogP contribution is -2.18. The fraction of sp³-hybridized carbons (Fsp3) is 0.111. The minimum atomic E-state index is -3.84. The number of aliphatic carboxylic acids is 2. The molecule has 0 saturated carbocycles. The van der Waals surface area contributed by atoms with E-state index in [0.29, 0.717) is 40.2 Å². The summed E-state index contributed by atoms with van der Waals surface area (Å²) in [7, 11) is -3.84. The molecule has 2 aromatic heterocycles. The Bertz CT molecular complexity index is 1740. The zero-order valence-corrected chi connectivity index (χ0v) is 22.8. The summed E-state index contributed by atoms with van der Waals surface area (Å²) in [6.07, 6.45) is 4.34. The van der Waals surface area contributed by atoms with Gasteiger partial charge in [-0.25, -0.2) is 31.8 Å². The van der Waals surface area contributed by atoms with Gasteiger partial charge in [-0.3, -0.25) is 9.52 Å². The van der Waals surface area contributed by atoms with Crippen molar-refractivity contribution in [1.29, 1.82) is 0 Å². The first-order chi connectivity index (χ1) is 19.3. The molecule has 14 heteroatoms. The number of anilines is 1. The van der Waals surface area contributed by atoms with Gasteiger partial charge in [0.05, 0.1) is 17.0 Å². The first-order valence-electron chi connectivity index (χ1n) is 11.7. The van der Waals surface area contributed by atoms with E-state index in [2.05, 4.69) is 14.7 Å². The highest BCUT2D eigenvalue weighted by molar-refractivity contribution is 7.92. The normalized spacial score (nSPS) is 11.2. The third-order valence-electron chi connectivity index (χ3n) is 5.38. The van der Waals surface area contributed by atoms with Crippen LogP contribution in [0, 0.1) is 11.6 Å². The van der Waals surface area contributed by atoms with Crippen LogP contribution in [0.4, 0.5) is 14.5 Å². The number of halogens is 3. The Hall–Kier alpha value is -4.62. The molecule has 10 nitrogen and oxygen atoms in total. The van der Waals surface area contributed by atoms with E-state index in [1.807, 2.05) is 0 Å². The van der Waals surface area contributed by atoms with Gasteiger partial charge >= 0.3 is 11.9 Å². The monoisotopic (exact) mass is 605 g/mol. The van der Waals surface area contributed by atoms with Gasteiger partial charge in [-0.05, 0) is 42.3 Å². The van der Waals surface area contributed by atoms with Crippen LogP contribution in [-0.2, 0) is 19.6 Å². The third kappa shape index (κ3) is 7.96. The lowest BCUT2D eigenvalue weighted by molar-refractivity contribution is -0.134. The molecule has 214 valence electrons. The molecular formula is C27H22ClF2N3O7S. The molecule has 0 aliphatic heterocycles. The van der Waals surface area contributed by atoms with Crippen molar-refractivity contribution >= 4 is 56.1 Å². The molecule has 0 amide bonds. The Kier molecular flexibility index (Phi) is 9.92. The van der Waals surface area contributed by atoms with E-state index in [0.717, 1.165) is 17.7 Å². The number of hydrogen-bond donors (Lipinski definition) is 4. The number of H-pyrrole nitrogens is 1. The van der Waals surface area contributed by atoms with Crippen molar-refractivity contribution in [3.8, 4) is 11.1 Å². The standard InChI is InChI=1S/C23H18ClF2N3O3S.C4H4O4/c1-2-9-33(31,32)29-19-8-7-18(25)20(21(19)26)22(30)17-12-28-23-16(17)10-14(11-27-23)13-3-5-15(24)6-4-13;5-3(6)1-2-4(7)8/h3-8,10-12,29H,2,9H2,1H3,(H,27,28);1-2H,(H,5,6)(H,7,8)/b;2-1-. The van der Waals surface area contributed by atoms with Gasteiger partial charge in [-0.2, -0.15) is 0 Å². The number of carboxylic acid groups (broad SMARTS) is 2. The Morgan fingerprint density at radius 1 is 1.02 bits per heavy atom. The number of sulfonamides is 1. The van der Waals surface area contributed by atoms with Gasteiger partial charge in [0.2, 0.25) is 15.8 Å². The molecule has 0 spiro atoms. The SMILES string of the molecule is CCCS(=O)(=O)Nc1ccc(F)c(C(=O)c2c[nH]c3ncc(-c4ccc(Cl)cc4)cc23)c1F.O=C(O)/C=C\C(=O)O. The molecule has 41 heavy (non-hydrogen) atoms. The predicted octanol–water partition coefficient (Wildman–Crippen LogP) is 5.26. The number of aromatic nitrogens is 2.